The number of azo groups is 2. The summed E-state index contributed by atoms with van der Waals surface area (Å²) in [7, 11) is -9.21. The predicted octanol–water partition coefficient (Wildman–Crippen LogP) is 7.57. The largest absolute Gasteiger partial charge is 2.00 e. The van der Waals surface area contributed by atoms with Gasteiger partial charge in [-0.1, -0.05) is 24.3 Å². The topological polar surface area (TPSA) is 285 Å². The van der Waals surface area contributed by atoms with Crippen molar-refractivity contribution >= 4 is 125 Å². The van der Waals surface area contributed by atoms with Gasteiger partial charge in [0.25, 0.3) is 9.85 Å². The molecule has 55 heavy (non-hydrogen) atoms. The Labute approximate surface area is 351 Å². The van der Waals surface area contributed by atoms with Gasteiger partial charge >= 0.3 is 60.3 Å². The molecular weight excluding hydrogens is 886 g/mol. The zero-order valence-corrected chi connectivity index (χ0v) is 34.6. The van der Waals surface area contributed by atoms with Crippen molar-refractivity contribution < 1.29 is 56.4 Å². The Balaban J connectivity index is 0.000000240. The number of hydrogen-bond acceptors (Lipinski definition) is 14. The zero-order chi connectivity index (χ0) is 39.5. The molecule has 0 bridgehead atoms. The summed E-state index contributed by atoms with van der Waals surface area (Å²) in [5.41, 5.74) is 1.99. The average Bonchev–Trinajstić information content (AvgIpc) is 3.09. The molecule has 6 aromatic carbocycles. The van der Waals surface area contributed by atoms with Crippen LogP contribution in [0.2, 0.25) is 0 Å². The van der Waals surface area contributed by atoms with E-state index >= 15 is 0 Å². The Hall–Kier alpha value is -5.17. The van der Waals surface area contributed by atoms with E-state index < -0.39 is 20.2 Å². The summed E-state index contributed by atoms with van der Waals surface area (Å²) in [6, 6.07) is 21.6. The monoisotopic (exact) mass is 912 g/mol. The van der Waals surface area contributed by atoms with Gasteiger partial charge in [0.2, 0.25) is 0 Å². The van der Waals surface area contributed by atoms with Gasteiger partial charge in [-0.3, -0.25) is 0 Å². The van der Waals surface area contributed by atoms with Crippen LogP contribution in [0.15, 0.2) is 127 Å². The molecule has 0 aliphatic rings. The van der Waals surface area contributed by atoms with E-state index in [1.165, 1.54) is 84.9 Å². The first kappa shape index (κ1) is 42.6. The van der Waals surface area contributed by atoms with E-state index in [0.29, 0.717) is 44.0 Å². The van der Waals surface area contributed by atoms with Gasteiger partial charge in [-0.25, -0.2) is 27.3 Å². The molecule has 276 valence electrons. The van der Waals surface area contributed by atoms with Crippen molar-refractivity contribution in [1.82, 2.24) is 0 Å². The van der Waals surface area contributed by atoms with E-state index in [4.69, 9.17) is 10.4 Å². The number of aromatic hydroxyl groups is 2. The van der Waals surface area contributed by atoms with Crippen molar-refractivity contribution in [1.29, 1.82) is 0 Å². The second-order valence-corrected chi connectivity index (χ2v) is 14.2. The van der Waals surface area contributed by atoms with Crippen LogP contribution in [0.4, 0.5) is 34.1 Å². The molecule has 0 saturated heterocycles. The van der Waals surface area contributed by atoms with Crippen molar-refractivity contribution in [3.8, 4) is 11.5 Å². The van der Waals surface area contributed by atoms with Crippen molar-refractivity contribution in [2.45, 2.75) is 23.6 Å². The first-order chi connectivity index (χ1) is 25.3. The van der Waals surface area contributed by atoms with E-state index in [9.17, 15) is 46.0 Å². The third-order valence-corrected chi connectivity index (χ3v) is 9.43. The van der Waals surface area contributed by atoms with Gasteiger partial charge in [-0.05, 0) is 85.3 Å². The van der Waals surface area contributed by atoms with Crippen LogP contribution in [0, 0.1) is 23.7 Å². The number of aryl methyl sites for hydroxylation is 2. The summed E-state index contributed by atoms with van der Waals surface area (Å²) in [4.78, 5) is 20.6. The van der Waals surface area contributed by atoms with Crippen LogP contribution in [0.3, 0.4) is 0 Å². The molecule has 0 amide bonds. The van der Waals surface area contributed by atoms with Gasteiger partial charge < -0.3 is 19.3 Å². The fraction of sp³-hybridized carbons (Fsp3) is 0.0588. The summed E-state index contributed by atoms with van der Waals surface area (Å²) >= 11 is 0. The number of fused-ring (bicyclic) bond motifs is 2. The Morgan fingerprint density at radius 2 is 0.891 bits per heavy atom. The molecule has 6 rings (SSSR count). The number of nitrogens with zero attached hydrogens (tertiary/aromatic N) is 6. The van der Waals surface area contributed by atoms with Crippen molar-refractivity contribution in [3.63, 3.8) is 0 Å². The third-order valence-electron chi connectivity index (χ3n) is 7.76. The first-order valence-electron chi connectivity index (χ1n) is 15.1. The van der Waals surface area contributed by atoms with Gasteiger partial charge in [0.15, 0.2) is 0 Å². The molecule has 0 spiro atoms. The SMILES string of the molecule is Cc1cc(N=Nc2c(O)ccc3cc(S(=O)(=O)[O-])ccc23)ccc1[N+](=O)O.Cc1cc(N=Nc2c(O)ccc3cc(S(=O)(=O)[O-])ccc23)ccc1[N+](=O)O.[Ba+2]. The number of phenols is 2. The van der Waals surface area contributed by atoms with Gasteiger partial charge in [0.1, 0.15) is 43.1 Å². The molecule has 0 atom stereocenters. The van der Waals surface area contributed by atoms with Crippen LogP contribution in [0.25, 0.3) is 21.5 Å². The van der Waals surface area contributed by atoms with Crippen LogP contribution >= 0.6 is 0 Å². The van der Waals surface area contributed by atoms with Crippen LogP contribution in [0.5, 0.6) is 11.5 Å². The second kappa shape index (κ2) is 17.1. The Morgan fingerprint density at radius 1 is 0.527 bits per heavy atom. The molecule has 0 heterocycles. The molecule has 0 saturated carbocycles. The first-order valence-corrected chi connectivity index (χ1v) is 18.0. The molecule has 0 radical (unpaired) electrons. The summed E-state index contributed by atoms with van der Waals surface area (Å²) in [6.45, 7) is 3.21. The van der Waals surface area contributed by atoms with E-state index in [2.05, 4.69) is 20.5 Å². The molecule has 21 heteroatoms. The normalized spacial score (nSPS) is 11.7. The third kappa shape index (κ3) is 10.1. The zero-order valence-electron chi connectivity index (χ0n) is 28.5. The summed E-state index contributed by atoms with van der Waals surface area (Å²) < 4.78 is 66.9. The summed E-state index contributed by atoms with van der Waals surface area (Å²) in [5, 5.41) is 55.7. The Kier molecular flexibility index (Phi) is 13.2. The molecule has 4 N–H and O–H groups in total. The van der Waals surface area contributed by atoms with Crippen LogP contribution in [0.1, 0.15) is 11.1 Å². The molecule has 0 aliphatic carbocycles. The molecule has 0 fully saturated rings. The maximum atomic E-state index is 11.2. The summed E-state index contributed by atoms with van der Waals surface area (Å²) in [5.74, 6) is -0.364. The van der Waals surface area contributed by atoms with Crippen LogP contribution < -0.4 is 0 Å². The molecule has 18 nitrogen and oxygen atoms in total. The fourth-order valence-electron chi connectivity index (χ4n) is 5.13. The van der Waals surface area contributed by atoms with E-state index in [-0.39, 0.29) is 103 Å². The molecule has 0 unspecified atom stereocenters. The smallest absolute Gasteiger partial charge is 0.744 e. The average molecular weight is 912 g/mol. The minimum atomic E-state index is -4.60. The predicted molar refractivity (Wildman–Crippen MR) is 194 cm³/mol. The maximum absolute atomic E-state index is 11.2. The van der Waals surface area contributed by atoms with E-state index in [1.807, 2.05) is 0 Å². The number of hydrogen-bond donors (Lipinski definition) is 4. The van der Waals surface area contributed by atoms with Crippen molar-refractivity contribution in [2.24, 2.45) is 20.5 Å². The standard InChI is InChI=1S/2C17H13N3O6S.Ba/c2*1-10-8-12(3-6-15(10)20(22)23)18-19-17-14-5-4-13(27(24,25)26)9-11(14)2-7-16(17)21;/h2*2-9H,1H3,(H2-,18,21,22,23,24,25,26);/q;;+2. The van der Waals surface area contributed by atoms with Crippen LogP contribution in [-0.4, -0.2) is 105 Å². The minimum absolute atomic E-state index is 0. The van der Waals surface area contributed by atoms with Gasteiger partial charge in [-0.2, -0.15) is 10.2 Å². The number of benzene rings is 6. The molecule has 6 aromatic rings. The van der Waals surface area contributed by atoms with Gasteiger partial charge in [-0.15, -0.1) is 10.2 Å². The minimum Gasteiger partial charge on any atom is -0.744 e. The Morgan fingerprint density at radius 3 is 1.20 bits per heavy atom. The molecule has 0 aliphatic heterocycles. The Bertz CT molecular complexity index is 2610. The number of phenolic OH excluding ortho intramolecular Hbond substituents is 2. The molecular formula is C34H26BaN6O12S2+2. The maximum Gasteiger partial charge on any atom is 2.00 e. The molecule has 0 aromatic heterocycles. The quantitative estimate of drug-likeness (QED) is 0.0498. The van der Waals surface area contributed by atoms with E-state index in [0.717, 1.165) is 12.1 Å². The van der Waals surface area contributed by atoms with Gasteiger partial charge in [0.05, 0.1) is 31.0 Å². The fourth-order valence-corrected chi connectivity index (χ4v) is 6.14. The van der Waals surface area contributed by atoms with E-state index in [1.54, 1.807) is 13.8 Å². The van der Waals surface area contributed by atoms with Crippen molar-refractivity contribution in [3.05, 3.63) is 118 Å². The second-order valence-electron chi connectivity index (χ2n) is 11.4. The summed E-state index contributed by atoms with van der Waals surface area (Å²) in [6.07, 6.45) is 0. The van der Waals surface area contributed by atoms with Crippen molar-refractivity contribution in [2.75, 3.05) is 0 Å². The number of rotatable bonds is 8. The van der Waals surface area contributed by atoms with Gasteiger partial charge in [0, 0.05) is 34.0 Å². The van der Waals surface area contributed by atoms with Crippen LogP contribution in [-0.2, 0) is 20.2 Å².